The average Bonchev–Trinajstić information content (AvgIpc) is 3.80. The maximum atomic E-state index is 7.03. The normalized spacial score (nSPS) is 20.1. The molecule has 5 heteroatoms. The highest BCUT2D eigenvalue weighted by Gasteiger charge is 2.58. The SMILES string of the molecule is CC(C)(C)c1cc2cc(c1)N1CN(C3=C1CCCC3)C1(c3ccccc3-c3ccccc31)N1CN(C3=C1CCCC3)c1cc(cc(C(C)(C)C)c1)O2. The Labute approximate surface area is 310 Å². The first-order chi connectivity index (χ1) is 25.0. The molecule has 10 rings (SSSR count). The predicted octanol–water partition coefficient (Wildman–Crippen LogP) is 11.7. The van der Waals surface area contributed by atoms with Gasteiger partial charge in [-0.2, -0.15) is 0 Å². The van der Waals surface area contributed by atoms with E-state index >= 15 is 0 Å². The van der Waals surface area contributed by atoms with Crippen molar-refractivity contribution < 1.29 is 4.74 Å². The Balaban J connectivity index is 1.31. The molecular formula is C47H52N4O. The van der Waals surface area contributed by atoms with Crippen LogP contribution in [0.25, 0.3) is 11.1 Å². The van der Waals surface area contributed by atoms with E-state index in [1.165, 1.54) is 93.2 Å². The molecule has 0 unspecified atom stereocenters. The maximum Gasteiger partial charge on any atom is 0.170 e. The van der Waals surface area contributed by atoms with E-state index in [4.69, 9.17) is 4.74 Å². The number of anilines is 2. The predicted molar refractivity (Wildman–Crippen MR) is 212 cm³/mol. The van der Waals surface area contributed by atoms with E-state index in [0.717, 1.165) is 50.5 Å². The van der Waals surface area contributed by atoms with Crippen LogP contribution in [-0.4, -0.2) is 23.1 Å². The van der Waals surface area contributed by atoms with Crippen molar-refractivity contribution in [3.63, 3.8) is 0 Å². The van der Waals surface area contributed by atoms with Crippen molar-refractivity contribution >= 4 is 11.4 Å². The standard InChI is InChI=1S/C47H52N4O/c1-45(2,3)31-23-33-27-35(25-31)52-36-26-32(46(4,5)6)24-34(28-36)49-30-51(44-22-14-12-20-42(44)49)47(50-29-48(33)41-19-11-13-21-43(41)50)39-17-9-7-15-37(39)38-16-8-10-18-40(38)47/h7-10,15-18,23-28H,11-14,19-22,29-30H2,1-6H3. The van der Waals surface area contributed by atoms with Gasteiger partial charge in [-0.15, -0.1) is 0 Å². The average molecular weight is 689 g/mol. The quantitative estimate of drug-likeness (QED) is 0.183. The summed E-state index contributed by atoms with van der Waals surface area (Å²) < 4.78 is 7.03. The summed E-state index contributed by atoms with van der Waals surface area (Å²) in [6, 6.07) is 32.8. The number of fused-ring (bicyclic) bond motifs is 21. The van der Waals surface area contributed by atoms with Gasteiger partial charge in [0.2, 0.25) is 0 Å². The molecule has 4 aromatic rings. The summed E-state index contributed by atoms with van der Waals surface area (Å²) in [7, 11) is 0. The van der Waals surface area contributed by atoms with Crippen molar-refractivity contribution in [1.82, 2.24) is 9.80 Å². The summed E-state index contributed by atoms with van der Waals surface area (Å²) in [5.41, 5.74) is 16.1. The van der Waals surface area contributed by atoms with Crippen molar-refractivity contribution in [1.29, 1.82) is 0 Å². The highest BCUT2D eigenvalue weighted by molar-refractivity contribution is 5.82. The lowest BCUT2D eigenvalue weighted by molar-refractivity contribution is 0.0264. The van der Waals surface area contributed by atoms with Gasteiger partial charge >= 0.3 is 0 Å². The molecule has 0 amide bonds. The first kappa shape index (κ1) is 32.0. The minimum Gasteiger partial charge on any atom is -0.457 e. The Kier molecular flexibility index (Phi) is 6.89. The smallest absolute Gasteiger partial charge is 0.170 e. The summed E-state index contributed by atoms with van der Waals surface area (Å²) in [5.74, 6) is 1.83. The highest BCUT2D eigenvalue weighted by atomic mass is 16.5. The van der Waals surface area contributed by atoms with Crippen LogP contribution in [0.1, 0.15) is 115 Å². The third-order valence-electron chi connectivity index (χ3n) is 12.7. The van der Waals surface area contributed by atoms with Crippen LogP contribution < -0.4 is 14.5 Å². The first-order valence-electron chi connectivity index (χ1n) is 19.7. The van der Waals surface area contributed by atoms with Gasteiger partial charge in [-0.05, 0) is 109 Å². The molecule has 0 saturated carbocycles. The van der Waals surface area contributed by atoms with Gasteiger partial charge in [0, 0.05) is 57.4 Å². The van der Waals surface area contributed by atoms with Crippen LogP contribution >= 0.6 is 0 Å². The van der Waals surface area contributed by atoms with Crippen LogP contribution in [0, 0.1) is 0 Å². The second-order valence-corrected chi connectivity index (χ2v) is 18.0. The minimum absolute atomic E-state index is 0.0365. The van der Waals surface area contributed by atoms with Crippen molar-refractivity contribution in [2.45, 2.75) is 109 Å². The molecule has 3 aliphatic carbocycles. The Bertz CT molecular complexity index is 2040. The lowest BCUT2D eigenvalue weighted by Crippen LogP contribution is -2.57. The summed E-state index contributed by atoms with van der Waals surface area (Å²) in [4.78, 5) is 11.0. The van der Waals surface area contributed by atoms with Gasteiger partial charge in [-0.1, -0.05) is 90.1 Å². The van der Waals surface area contributed by atoms with Gasteiger partial charge in [0.25, 0.3) is 0 Å². The molecule has 0 atom stereocenters. The molecule has 0 fully saturated rings. The van der Waals surface area contributed by atoms with Crippen LogP contribution in [-0.2, 0) is 16.5 Å². The van der Waals surface area contributed by atoms with Crippen LogP contribution in [0.3, 0.4) is 0 Å². The van der Waals surface area contributed by atoms with Gasteiger partial charge in [-0.25, -0.2) is 0 Å². The number of rotatable bonds is 0. The van der Waals surface area contributed by atoms with Crippen LogP contribution in [0.15, 0.2) is 108 Å². The van der Waals surface area contributed by atoms with Crippen molar-refractivity contribution in [3.8, 4) is 22.6 Å². The van der Waals surface area contributed by atoms with E-state index in [1.54, 1.807) is 0 Å². The Morgan fingerprint density at radius 3 is 1.33 bits per heavy atom. The minimum atomic E-state index is -0.484. The monoisotopic (exact) mass is 688 g/mol. The molecule has 0 saturated heterocycles. The zero-order valence-electron chi connectivity index (χ0n) is 31.9. The van der Waals surface area contributed by atoms with Gasteiger partial charge in [0.05, 0.1) is 13.3 Å². The van der Waals surface area contributed by atoms with E-state index in [1.807, 2.05) is 0 Å². The van der Waals surface area contributed by atoms with Gasteiger partial charge in [0.1, 0.15) is 11.5 Å². The number of allylic oxidation sites excluding steroid dienone is 4. The summed E-state index contributed by atoms with van der Waals surface area (Å²) >= 11 is 0. The lowest BCUT2D eigenvalue weighted by Gasteiger charge is -2.51. The number of hydrogen-bond acceptors (Lipinski definition) is 5. The molecule has 52 heavy (non-hydrogen) atoms. The molecule has 1 spiro atoms. The van der Waals surface area contributed by atoms with Gasteiger partial charge in [-0.3, -0.25) is 0 Å². The molecular weight excluding hydrogens is 637 g/mol. The van der Waals surface area contributed by atoms with Crippen LogP contribution in [0.4, 0.5) is 11.4 Å². The van der Waals surface area contributed by atoms with Crippen LogP contribution in [0.5, 0.6) is 11.5 Å². The summed E-state index contributed by atoms with van der Waals surface area (Å²) in [6.07, 6.45) is 9.27. The Hall–Kier alpha value is -4.64. The lowest BCUT2D eigenvalue weighted by atomic mass is 9.86. The van der Waals surface area contributed by atoms with Crippen molar-refractivity contribution in [3.05, 3.63) is 130 Å². The number of nitrogens with zero attached hydrogens (tertiary/aromatic N) is 4. The largest absolute Gasteiger partial charge is 0.457 e. The molecule has 3 aliphatic heterocycles. The van der Waals surface area contributed by atoms with E-state index in [2.05, 4.69) is 146 Å². The zero-order chi connectivity index (χ0) is 35.6. The fourth-order valence-corrected chi connectivity index (χ4v) is 10.1. The topological polar surface area (TPSA) is 22.2 Å². The molecule has 6 aliphatic rings. The molecule has 0 radical (unpaired) electrons. The zero-order valence-corrected chi connectivity index (χ0v) is 31.9. The number of hydrogen-bond donors (Lipinski definition) is 0. The molecule has 5 nitrogen and oxygen atoms in total. The number of ether oxygens (including phenoxy) is 1. The van der Waals surface area contributed by atoms with Crippen molar-refractivity contribution in [2.24, 2.45) is 0 Å². The van der Waals surface area contributed by atoms with E-state index in [-0.39, 0.29) is 10.8 Å². The van der Waals surface area contributed by atoms with E-state index in [0.29, 0.717) is 0 Å². The Morgan fingerprint density at radius 2 is 0.904 bits per heavy atom. The molecule has 8 bridgehead atoms. The van der Waals surface area contributed by atoms with E-state index < -0.39 is 5.66 Å². The summed E-state index contributed by atoms with van der Waals surface area (Å²) in [5, 5.41) is 0. The second kappa shape index (κ2) is 11.2. The Morgan fingerprint density at radius 1 is 0.500 bits per heavy atom. The van der Waals surface area contributed by atoms with E-state index in [9.17, 15) is 0 Å². The molecule has 0 N–H and O–H groups in total. The fourth-order valence-electron chi connectivity index (χ4n) is 10.1. The first-order valence-corrected chi connectivity index (χ1v) is 19.7. The maximum absolute atomic E-state index is 7.03. The van der Waals surface area contributed by atoms with Gasteiger partial charge < -0.3 is 24.3 Å². The molecule has 3 heterocycles. The second-order valence-electron chi connectivity index (χ2n) is 18.0. The molecule has 4 aromatic carbocycles. The van der Waals surface area contributed by atoms with Gasteiger partial charge in [0.15, 0.2) is 5.66 Å². The molecule has 266 valence electrons. The summed E-state index contributed by atoms with van der Waals surface area (Å²) in [6.45, 7) is 15.5. The third-order valence-corrected chi connectivity index (χ3v) is 12.7. The number of benzene rings is 4. The molecule has 0 aromatic heterocycles. The van der Waals surface area contributed by atoms with Crippen molar-refractivity contribution in [2.75, 3.05) is 23.1 Å². The third kappa shape index (κ3) is 4.60. The van der Waals surface area contributed by atoms with Crippen LogP contribution in [0.2, 0.25) is 0 Å². The fraction of sp³-hybridized carbons (Fsp3) is 0.404. The highest BCUT2D eigenvalue weighted by Crippen LogP contribution is 2.60.